The molecule has 25 heavy (non-hydrogen) atoms. The van der Waals surface area contributed by atoms with Crippen LogP contribution in [0.25, 0.3) is 11.0 Å². The van der Waals surface area contributed by atoms with Crippen molar-refractivity contribution in [3.8, 4) is 0 Å². The molecule has 1 heterocycles. The summed E-state index contributed by atoms with van der Waals surface area (Å²) in [5, 5.41) is 5.17. The number of hydrogen-bond donors (Lipinski definition) is 3. The van der Waals surface area contributed by atoms with Crippen LogP contribution < -0.4 is 10.6 Å². The molecule has 0 bridgehead atoms. The van der Waals surface area contributed by atoms with E-state index in [9.17, 15) is 14.0 Å². The van der Waals surface area contributed by atoms with Crippen molar-refractivity contribution in [3.05, 3.63) is 59.9 Å². The van der Waals surface area contributed by atoms with E-state index in [0.717, 1.165) is 11.0 Å². The number of aromatic amines is 1. The second kappa shape index (κ2) is 7.12. The van der Waals surface area contributed by atoms with E-state index in [1.165, 1.54) is 12.1 Å². The number of imidazole rings is 1. The topological polar surface area (TPSA) is 86.9 Å². The van der Waals surface area contributed by atoms with Gasteiger partial charge in [0.25, 0.3) is 0 Å². The lowest BCUT2D eigenvalue weighted by molar-refractivity contribution is -0.125. The van der Waals surface area contributed by atoms with Crippen LogP contribution in [0.4, 0.5) is 10.3 Å². The molecular formula is C18H17FN4O2. The molecule has 0 aliphatic heterocycles. The zero-order chi connectivity index (χ0) is 17.8. The first-order valence-corrected chi connectivity index (χ1v) is 7.81. The third kappa shape index (κ3) is 4.00. The van der Waals surface area contributed by atoms with E-state index >= 15 is 0 Å². The molecule has 0 unspecified atom stereocenters. The second-order valence-electron chi connectivity index (χ2n) is 5.65. The number of fused-ring (bicyclic) bond motifs is 1. The first kappa shape index (κ1) is 16.6. The van der Waals surface area contributed by atoms with Crippen LogP contribution in [0.1, 0.15) is 12.5 Å². The zero-order valence-electron chi connectivity index (χ0n) is 13.5. The normalized spacial score (nSPS) is 11.9. The Bertz CT molecular complexity index is 889. The van der Waals surface area contributed by atoms with E-state index < -0.39 is 23.7 Å². The quantitative estimate of drug-likeness (QED) is 0.666. The van der Waals surface area contributed by atoms with Crippen molar-refractivity contribution in [2.24, 2.45) is 0 Å². The summed E-state index contributed by atoms with van der Waals surface area (Å²) in [6, 6.07) is 12.6. The Hall–Kier alpha value is -3.22. The third-order valence-corrected chi connectivity index (χ3v) is 3.71. The van der Waals surface area contributed by atoms with Gasteiger partial charge >= 0.3 is 0 Å². The van der Waals surface area contributed by atoms with Crippen LogP contribution in [-0.4, -0.2) is 27.8 Å². The largest absolute Gasteiger partial charge is 0.344 e. The van der Waals surface area contributed by atoms with Crippen molar-refractivity contribution < 1.29 is 14.0 Å². The SMILES string of the molecule is C[C@H](NC(=O)Cc1ccccc1F)C(=O)Nc1nc2ccccc2[nH]1. The number of carbonyl (C=O) groups excluding carboxylic acids is 2. The molecule has 6 nitrogen and oxygen atoms in total. The molecule has 3 rings (SSSR count). The lowest BCUT2D eigenvalue weighted by Crippen LogP contribution is -2.42. The van der Waals surface area contributed by atoms with Gasteiger partial charge in [-0.15, -0.1) is 0 Å². The number of anilines is 1. The predicted molar refractivity (Wildman–Crippen MR) is 92.4 cm³/mol. The molecule has 0 saturated carbocycles. The van der Waals surface area contributed by atoms with Gasteiger partial charge in [0.05, 0.1) is 17.5 Å². The maximum atomic E-state index is 13.6. The van der Waals surface area contributed by atoms with Gasteiger partial charge in [0, 0.05) is 0 Å². The highest BCUT2D eigenvalue weighted by atomic mass is 19.1. The molecule has 0 aliphatic rings. The number of H-pyrrole nitrogens is 1. The predicted octanol–water partition coefficient (Wildman–Crippen LogP) is 2.39. The van der Waals surface area contributed by atoms with Gasteiger partial charge in [0.2, 0.25) is 17.8 Å². The van der Waals surface area contributed by atoms with Crippen LogP contribution in [0.3, 0.4) is 0 Å². The number of aromatic nitrogens is 2. The van der Waals surface area contributed by atoms with E-state index in [0.29, 0.717) is 5.95 Å². The number of halogens is 1. The number of benzene rings is 2. The van der Waals surface area contributed by atoms with E-state index in [-0.39, 0.29) is 12.0 Å². The minimum absolute atomic E-state index is 0.130. The van der Waals surface area contributed by atoms with Gasteiger partial charge in [0.15, 0.2) is 0 Å². The fourth-order valence-corrected chi connectivity index (χ4v) is 2.41. The molecule has 128 valence electrons. The van der Waals surface area contributed by atoms with E-state index in [1.807, 2.05) is 24.3 Å². The van der Waals surface area contributed by atoms with Crippen molar-refractivity contribution >= 4 is 28.8 Å². The number of nitrogens with one attached hydrogen (secondary N) is 3. The standard InChI is InChI=1S/C18H17FN4O2/c1-11(20-16(24)10-12-6-2-3-7-13(12)19)17(25)23-18-21-14-8-4-5-9-15(14)22-18/h2-9,11H,10H2,1H3,(H,20,24)(H2,21,22,23,25)/t11-/m0/s1. The Balaban J connectivity index is 1.58. The summed E-state index contributed by atoms with van der Waals surface area (Å²) >= 11 is 0. The Morgan fingerprint density at radius 3 is 2.64 bits per heavy atom. The fourth-order valence-electron chi connectivity index (χ4n) is 2.41. The summed E-state index contributed by atoms with van der Waals surface area (Å²) in [5.74, 6) is -0.989. The Morgan fingerprint density at radius 2 is 1.88 bits per heavy atom. The van der Waals surface area contributed by atoms with Gasteiger partial charge in [-0.2, -0.15) is 0 Å². The number of para-hydroxylation sites is 2. The van der Waals surface area contributed by atoms with Crippen LogP contribution in [-0.2, 0) is 16.0 Å². The lowest BCUT2D eigenvalue weighted by atomic mass is 10.1. The molecule has 1 aromatic heterocycles. The third-order valence-electron chi connectivity index (χ3n) is 3.71. The van der Waals surface area contributed by atoms with Crippen LogP contribution in [0.15, 0.2) is 48.5 Å². The van der Waals surface area contributed by atoms with Gasteiger partial charge in [0.1, 0.15) is 11.9 Å². The van der Waals surface area contributed by atoms with Gasteiger partial charge in [-0.25, -0.2) is 9.37 Å². The smallest absolute Gasteiger partial charge is 0.248 e. The molecule has 2 amide bonds. The summed E-state index contributed by atoms with van der Waals surface area (Å²) in [5.41, 5.74) is 1.81. The number of amides is 2. The minimum Gasteiger partial charge on any atom is -0.344 e. The van der Waals surface area contributed by atoms with Gasteiger partial charge in [-0.3, -0.25) is 14.9 Å². The Labute approximate surface area is 143 Å². The molecule has 0 aliphatic carbocycles. The zero-order valence-corrected chi connectivity index (χ0v) is 13.5. The van der Waals surface area contributed by atoms with Crippen LogP contribution >= 0.6 is 0 Å². The Kier molecular flexibility index (Phi) is 4.74. The van der Waals surface area contributed by atoms with Crippen molar-refractivity contribution in [3.63, 3.8) is 0 Å². The maximum absolute atomic E-state index is 13.6. The average molecular weight is 340 g/mol. The highest BCUT2D eigenvalue weighted by Crippen LogP contribution is 2.13. The molecule has 0 radical (unpaired) electrons. The first-order valence-electron chi connectivity index (χ1n) is 7.81. The molecule has 2 aromatic carbocycles. The monoisotopic (exact) mass is 340 g/mol. The second-order valence-corrected chi connectivity index (χ2v) is 5.65. The number of rotatable bonds is 5. The molecular weight excluding hydrogens is 323 g/mol. The van der Waals surface area contributed by atoms with Crippen molar-refractivity contribution in [2.45, 2.75) is 19.4 Å². The summed E-state index contributed by atoms with van der Waals surface area (Å²) < 4.78 is 13.6. The van der Waals surface area contributed by atoms with Gasteiger partial charge in [-0.05, 0) is 30.7 Å². The van der Waals surface area contributed by atoms with Crippen molar-refractivity contribution in [1.29, 1.82) is 0 Å². The molecule has 7 heteroatoms. The molecule has 3 N–H and O–H groups in total. The maximum Gasteiger partial charge on any atom is 0.248 e. The van der Waals surface area contributed by atoms with Crippen LogP contribution in [0, 0.1) is 5.82 Å². The molecule has 1 atom stereocenters. The van der Waals surface area contributed by atoms with E-state index in [2.05, 4.69) is 20.6 Å². The van der Waals surface area contributed by atoms with E-state index in [4.69, 9.17) is 0 Å². The fraction of sp³-hybridized carbons (Fsp3) is 0.167. The lowest BCUT2D eigenvalue weighted by Gasteiger charge is -2.13. The first-order chi connectivity index (χ1) is 12.0. The van der Waals surface area contributed by atoms with Crippen LogP contribution in [0.5, 0.6) is 0 Å². The number of nitrogens with zero attached hydrogens (tertiary/aromatic N) is 1. The average Bonchev–Trinajstić information content (AvgIpc) is 2.99. The number of hydrogen-bond acceptors (Lipinski definition) is 3. The van der Waals surface area contributed by atoms with Crippen LogP contribution in [0.2, 0.25) is 0 Å². The van der Waals surface area contributed by atoms with Gasteiger partial charge < -0.3 is 10.3 Å². The molecule has 3 aromatic rings. The van der Waals surface area contributed by atoms with Crippen molar-refractivity contribution in [2.75, 3.05) is 5.32 Å². The summed E-state index contributed by atoms with van der Waals surface area (Å²) in [4.78, 5) is 31.4. The molecule has 0 spiro atoms. The number of carbonyl (C=O) groups is 2. The molecule has 0 fully saturated rings. The van der Waals surface area contributed by atoms with Gasteiger partial charge in [-0.1, -0.05) is 30.3 Å². The minimum atomic E-state index is -0.785. The summed E-state index contributed by atoms with van der Waals surface area (Å²) in [6.45, 7) is 1.55. The van der Waals surface area contributed by atoms with Crippen molar-refractivity contribution in [1.82, 2.24) is 15.3 Å². The summed E-state index contributed by atoms with van der Waals surface area (Å²) in [6.07, 6.45) is -0.130. The summed E-state index contributed by atoms with van der Waals surface area (Å²) in [7, 11) is 0. The highest BCUT2D eigenvalue weighted by Gasteiger charge is 2.18. The van der Waals surface area contributed by atoms with E-state index in [1.54, 1.807) is 19.1 Å². The Morgan fingerprint density at radius 1 is 1.16 bits per heavy atom. The molecule has 0 saturated heterocycles. The highest BCUT2D eigenvalue weighted by molar-refractivity contribution is 5.97.